The number of methoxy groups -OCH3 is 1. The summed E-state index contributed by atoms with van der Waals surface area (Å²) < 4.78 is 18.1. The molecule has 1 atom stereocenters. The molecule has 0 radical (unpaired) electrons. The van der Waals surface area contributed by atoms with E-state index in [0.29, 0.717) is 16.8 Å². The zero-order valence-electron chi connectivity index (χ0n) is 11.4. The van der Waals surface area contributed by atoms with Crippen molar-refractivity contribution in [1.29, 1.82) is 0 Å². The second-order valence-electron chi connectivity index (χ2n) is 4.80. The van der Waals surface area contributed by atoms with E-state index in [2.05, 4.69) is 35.1 Å². The molecule has 5 heteroatoms. The van der Waals surface area contributed by atoms with Crippen LogP contribution in [0.5, 0.6) is 5.75 Å². The number of amides is 1. The van der Waals surface area contributed by atoms with E-state index in [9.17, 15) is 9.18 Å². The molecule has 0 saturated carbocycles. The van der Waals surface area contributed by atoms with Crippen molar-refractivity contribution in [1.82, 2.24) is 5.32 Å². The summed E-state index contributed by atoms with van der Waals surface area (Å²) in [6.07, 6.45) is 0.884. The Kier molecular flexibility index (Phi) is 6.28. The topological polar surface area (TPSA) is 38.3 Å². The van der Waals surface area contributed by atoms with Gasteiger partial charge in [0.2, 0.25) is 0 Å². The molecule has 1 N–H and O–H groups in total. The smallest absolute Gasteiger partial charge is 0.251 e. The normalized spacial score (nSPS) is 12.3. The van der Waals surface area contributed by atoms with E-state index < -0.39 is 5.82 Å². The van der Waals surface area contributed by atoms with Gasteiger partial charge in [-0.1, -0.05) is 29.8 Å². The summed E-state index contributed by atoms with van der Waals surface area (Å²) in [6, 6.07) is 4.15. The molecule has 1 aromatic carbocycles. The van der Waals surface area contributed by atoms with Gasteiger partial charge in [-0.3, -0.25) is 4.79 Å². The first-order valence-corrected chi connectivity index (χ1v) is 7.30. The molecule has 3 nitrogen and oxygen atoms in total. The van der Waals surface area contributed by atoms with Crippen molar-refractivity contribution in [2.24, 2.45) is 5.92 Å². The van der Waals surface area contributed by atoms with Crippen LogP contribution in [0.1, 0.15) is 30.6 Å². The van der Waals surface area contributed by atoms with Crippen LogP contribution in [0, 0.1) is 11.7 Å². The zero-order chi connectivity index (χ0) is 14.4. The number of carbonyl (C=O) groups excluding carboxylic acids is 1. The molecule has 0 spiro atoms. The Labute approximate surface area is 121 Å². The number of benzene rings is 1. The van der Waals surface area contributed by atoms with Gasteiger partial charge in [-0.05, 0) is 30.5 Å². The largest absolute Gasteiger partial charge is 0.494 e. The molecule has 0 bridgehead atoms. The second-order valence-corrected chi connectivity index (χ2v) is 5.45. The zero-order valence-corrected chi connectivity index (χ0v) is 13.0. The minimum atomic E-state index is -0.474. The SMILES string of the molecule is COc1cc(C(=O)NC(CBr)CC(C)C)ccc1F. The highest BCUT2D eigenvalue weighted by Gasteiger charge is 2.15. The van der Waals surface area contributed by atoms with Gasteiger partial charge in [0.15, 0.2) is 11.6 Å². The number of nitrogens with one attached hydrogen (secondary N) is 1. The number of carbonyl (C=O) groups is 1. The first-order valence-electron chi connectivity index (χ1n) is 6.18. The van der Waals surface area contributed by atoms with Crippen molar-refractivity contribution in [3.05, 3.63) is 29.6 Å². The molecular formula is C14H19BrFNO2. The molecule has 0 fully saturated rings. The summed E-state index contributed by atoms with van der Waals surface area (Å²) in [4.78, 5) is 12.1. The van der Waals surface area contributed by atoms with Gasteiger partial charge in [0, 0.05) is 16.9 Å². The van der Waals surface area contributed by atoms with E-state index in [1.807, 2.05) is 0 Å². The van der Waals surface area contributed by atoms with Crippen molar-refractivity contribution < 1.29 is 13.9 Å². The van der Waals surface area contributed by atoms with Gasteiger partial charge in [-0.15, -0.1) is 0 Å². The van der Waals surface area contributed by atoms with Crippen molar-refractivity contribution in [2.45, 2.75) is 26.3 Å². The maximum Gasteiger partial charge on any atom is 0.251 e. The van der Waals surface area contributed by atoms with Gasteiger partial charge < -0.3 is 10.1 Å². The van der Waals surface area contributed by atoms with Gasteiger partial charge in [0.25, 0.3) is 5.91 Å². The number of alkyl halides is 1. The van der Waals surface area contributed by atoms with E-state index in [1.54, 1.807) is 0 Å². The molecule has 0 aromatic heterocycles. The fourth-order valence-electron chi connectivity index (χ4n) is 1.80. The second kappa shape index (κ2) is 7.48. The van der Waals surface area contributed by atoms with E-state index >= 15 is 0 Å². The minimum absolute atomic E-state index is 0.0588. The van der Waals surface area contributed by atoms with Crippen LogP contribution >= 0.6 is 15.9 Å². The fraction of sp³-hybridized carbons (Fsp3) is 0.500. The average Bonchev–Trinajstić information content (AvgIpc) is 2.37. The highest BCUT2D eigenvalue weighted by atomic mass is 79.9. The quantitative estimate of drug-likeness (QED) is 0.811. The van der Waals surface area contributed by atoms with E-state index in [1.165, 1.54) is 25.3 Å². The minimum Gasteiger partial charge on any atom is -0.494 e. The van der Waals surface area contributed by atoms with Gasteiger partial charge in [0.1, 0.15) is 0 Å². The van der Waals surface area contributed by atoms with Crippen LogP contribution in [0.15, 0.2) is 18.2 Å². The highest BCUT2D eigenvalue weighted by molar-refractivity contribution is 9.09. The van der Waals surface area contributed by atoms with E-state index in [0.717, 1.165) is 6.42 Å². The molecule has 0 aliphatic carbocycles. The summed E-state index contributed by atoms with van der Waals surface area (Å²) >= 11 is 3.39. The predicted octanol–water partition coefficient (Wildman–Crippen LogP) is 3.37. The fourth-order valence-corrected chi connectivity index (χ4v) is 2.23. The first kappa shape index (κ1) is 16.0. The molecule has 0 saturated heterocycles. The van der Waals surface area contributed by atoms with E-state index in [4.69, 9.17) is 4.74 Å². The average molecular weight is 332 g/mol. The van der Waals surface area contributed by atoms with Crippen molar-refractivity contribution >= 4 is 21.8 Å². The highest BCUT2D eigenvalue weighted by Crippen LogP contribution is 2.18. The third-order valence-corrected chi connectivity index (χ3v) is 3.47. The van der Waals surface area contributed by atoms with Gasteiger partial charge in [0.05, 0.1) is 7.11 Å². The molecule has 1 aromatic rings. The third kappa shape index (κ3) is 4.82. The number of halogens is 2. The summed E-state index contributed by atoms with van der Waals surface area (Å²) in [5.41, 5.74) is 0.396. The van der Waals surface area contributed by atoms with Crippen LogP contribution in [-0.2, 0) is 0 Å². The molecule has 0 heterocycles. The molecular weight excluding hydrogens is 313 g/mol. The van der Waals surface area contributed by atoms with Gasteiger partial charge in [-0.25, -0.2) is 4.39 Å². The van der Waals surface area contributed by atoms with Crippen LogP contribution in [0.3, 0.4) is 0 Å². The Morgan fingerprint density at radius 2 is 2.16 bits per heavy atom. The number of ether oxygens (including phenoxy) is 1. The Bertz CT molecular complexity index is 437. The van der Waals surface area contributed by atoms with Crippen LogP contribution in [-0.4, -0.2) is 24.4 Å². The Balaban J connectivity index is 2.77. The third-order valence-electron chi connectivity index (χ3n) is 2.69. The lowest BCUT2D eigenvalue weighted by Gasteiger charge is -2.18. The Morgan fingerprint density at radius 3 is 2.68 bits per heavy atom. The Hall–Kier alpha value is -1.10. The molecule has 1 rings (SSSR count). The van der Waals surface area contributed by atoms with E-state index in [-0.39, 0.29) is 17.7 Å². The number of rotatable bonds is 6. The van der Waals surface area contributed by atoms with Crippen LogP contribution in [0.2, 0.25) is 0 Å². The van der Waals surface area contributed by atoms with Gasteiger partial charge >= 0.3 is 0 Å². The first-order chi connectivity index (χ1) is 8.97. The van der Waals surface area contributed by atoms with Crippen LogP contribution in [0.4, 0.5) is 4.39 Å². The maximum atomic E-state index is 13.3. The lowest BCUT2D eigenvalue weighted by atomic mass is 10.0. The van der Waals surface area contributed by atoms with Crippen molar-refractivity contribution in [3.8, 4) is 5.75 Å². The number of hydrogen-bond acceptors (Lipinski definition) is 2. The van der Waals surface area contributed by atoms with Crippen molar-refractivity contribution in [3.63, 3.8) is 0 Å². The molecule has 0 aliphatic heterocycles. The molecule has 106 valence electrons. The molecule has 19 heavy (non-hydrogen) atoms. The maximum absolute atomic E-state index is 13.3. The Morgan fingerprint density at radius 1 is 1.47 bits per heavy atom. The van der Waals surface area contributed by atoms with Gasteiger partial charge in [-0.2, -0.15) is 0 Å². The predicted molar refractivity (Wildman–Crippen MR) is 77.5 cm³/mol. The van der Waals surface area contributed by atoms with Crippen LogP contribution in [0.25, 0.3) is 0 Å². The molecule has 0 aliphatic rings. The lowest BCUT2D eigenvalue weighted by molar-refractivity contribution is 0.0936. The monoisotopic (exact) mass is 331 g/mol. The summed E-state index contributed by atoms with van der Waals surface area (Å²) in [5.74, 6) is -0.126. The number of hydrogen-bond donors (Lipinski definition) is 1. The molecule has 1 unspecified atom stereocenters. The summed E-state index contributed by atoms with van der Waals surface area (Å²) in [5, 5.41) is 3.61. The molecule has 1 amide bonds. The standard InChI is InChI=1S/C14H19BrFNO2/c1-9(2)6-11(8-15)17-14(18)10-4-5-12(16)13(7-10)19-3/h4-5,7,9,11H,6,8H2,1-3H3,(H,17,18). The lowest BCUT2D eigenvalue weighted by Crippen LogP contribution is -2.37. The van der Waals surface area contributed by atoms with Crippen LogP contribution < -0.4 is 10.1 Å². The summed E-state index contributed by atoms with van der Waals surface area (Å²) in [6.45, 7) is 4.20. The van der Waals surface area contributed by atoms with Crippen molar-refractivity contribution in [2.75, 3.05) is 12.4 Å². The summed E-state index contributed by atoms with van der Waals surface area (Å²) in [7, 11) is 1.38.